The van der Waals surface area contributed by atoms with Gasteiger partial charge in [0, 0.05) is 36.8 Å². The molecule has 2 fully saturated rings. The van der Waals surface area contributed by atoms with Gasteiger partial charge in [-0.05, 0) is 69.3 Å². The number of hydrogen-bond donors (Lipinski definition) is 0. The summed E-state index contributed by atoms with van der Waals surface area (Å²) in [5.74, 6) is 3.67. The maximum absolute atomic E-state index is 13.0. The van der Waals surface area contributed by atoms with Crippen molar-refractivity contribution in [3.05, 3.63) is 35.4 Å². The molecule has 0 radical (unpaired) electrons. The molecule has 0 aromatic heterocycles. The third-order valence-corrected chi connectivity index (χ3v) is 8.43. The van der Waals surface area contributed by atoms with Crippen molar-refractivity contribution in [2.75, 3.05) is 61.2 Å². The van der Waals surface area contributed by atoms with Crippen molar-refractivity contribution >= 4 is 5.91 Å². The second-order valence-corrected chi connectivity index (χ2v) is 10.7. The summed E-state index contributed by atoms with van der Waals surface area (Å²) in [4.78, 5) is 17.6. The van der Waals surface area contributed by atoms with Crippen LogP contribution in [0, 0.1) is 0 Å². The average molecular weight is 555 g/mol. The number of carbonyl (C=O) groups excluding carboxylic acids is 1. The predicted octanol–water partition coefficient (Wildman–Crippen LogP) is 4.64. The molecule has 1 amide bonds. The molecule has 1 unspecified atom stereocenters. The molecule has 40 heavy (non-hydrogen) atoms. The van der Waals surface area contributed by atoms with Crippen molar-refractivity contribution < 1.29 is 33.2 Å². The summed E-state index contributed by atoms with van der Waals surface area (Å²) in [6.07, 6.45) is 7.32. The highest BCUT2D eigenvalue weighted by atomic mass is 16.5. The van der Waals surface area contributed by atoms with E-state index in [0.717, 1.165) is 49.9 Å². The molecule has 9 nitrogen and oxygen atoms in total. The minimum atomic E-state index is -0.219. The molecule has 2 aromatic rings. The lowest BCUT2D eigenvalue weighted by atomic mass is 9.96. The molecule has 2 saturated heterocycles. The fraction of sp³-hybridized carbons (Fsp3) is 0.581. The van der Waals surface area contributed by atoms with Gasteiger partial charge in [-0.15, -0.1) is 0 Å². The van der Waals surface area contributed by atoms with Gasteiger partial charge in [0.25, 0.3) is 5.91 Å². The van der Waals surface area contributed by atoms with Crippen LogP contribution in [0.4, 0.5) is 0 Å². The van der Waals surface area contributed by atoms with Gasteiger partial charge in [-0.25, -0.2) is 0 Å². The highest BCUT2D eigenvalue weighted by molar-refractivity contribution is 5.78. The summed E-state index contributed by atoms with van der Waals surface area (Å²) < 4.78 is 34.7. The van der Waals surface area contributed by atoms with Crippen molar-refractivity contribution in [1.82, 2.24) is 9.80 Å². The number of methoxy groups -OCH3 is 4. The lowest BCUT2D eigenvalue weighted by Gasteiger charge is -2.40. The van der Waals surface area contributed by atoms with Crippen LogP contribution < -0.4 is 28.4 Å². The first kappa shape index (κ1) is 28.2. The molecule has 0 aliphatic carbocycles. The molecule has 0 saturated carbocycles. The first-order valence-electron chi connectivity index (χ1n) is 14.4. The van der Waals surface area contributed by atoms with Crippen LogP contribution >= 0.6 is 0 Å². The van der Waals surface area contributed by atoms with E-state index in [2.05, 4.69) is 4.90 Å². The molecular formula is C31H42N2O7. The summed E-state index contributed by atoms with van der Waals surface area (Å²) in [6, 6.07) is 8.14. The van der Waals surface area contributed by atoms with Crippen LogP contribution in [0.1, 0.15) is 55.8 Å². The van der Waals surface area contributed by atoms with E-state index in [1.807, 2.05) is 29.2 Å². The lowest BCUT2D eigenvalue weighted by Crippen LogP contribution is -2.49. The molecular weight excluding hydrogens is 512 g/mol. The monoisotopic (exact) mass is 554 g/mol. The van der Waals surface area contributed by atoms with Gasteiger partial charge in [-0.3, -0.25) is 4.79 Å². The number of carbonyl (C=O) groups is 1. The van der Waals surface area contributed by atoms with Gasteiger partial charge in [0.2, 0.25) is 5.75 Å². The van der Waals surface area contributed by atoms with Crippen LogP contribution in [-0.2, 0) is 11.2 Å². The average Bonchev–Trinajstić information content (AvgIpc) is 3.02. The molecule has 0 bridgehead atoms. The zero-order chi connectivity index (χ0) is 28.1. The number of fused-ring (bicyclic) bond motifs is 1. The third kappa shape index (κ3) is 6.04. The smallest absolute Gasteiger partial charge is 0.260 e. The standard InChI is InChI=1S/C31H42N2O7/c1-35-26-18-23(39-20-30(34)33-14-10-22(11-15-33)32-12-6-5-7-13-32)19-27-24(26)8-9-25(40-27)21-16-28(36-2)31(38-4)29(17-21)37-3/h16-19,22,25H,5-15,20H2,1-4H3. The zero-order valence-corrected chi connectivity index (χ0v) is 24.2. The molecule has 0 spiro atoms. The molecule has 3 aliphatic heterocycles. The van der Waals surface area contributed by atoms with E-state index in [1.165, 1.54) is 32.4 Å². The SMILES string of the molecule is COc1cc(OCC(=O)N2CCC(N3CCCCC3)CC2)cc2c1CCC(c1cc(OC)c(OC)c(OC)c1)O2. The molecule has 0 N–H and O–H groups in total. The van der Waals surface area contributed by atoms with Gasteiger partial charge in [0.15, 0.2) is 18.1 Å². The van der Waals surface area contributed by atoms with E-state index in [0.29, 0.717) is 40.5 Å². The number of nitrogens with zero attached hydrogens (tertiary/aromatic N) is 2. The number of benzene rings is 2. The number of ether oxygens (including phenoxy) is 6. The van der Waals surface area contributed by atoms with Crippen LogP contribution in [0.15, 0.2) is 24.3 Å². The van der Waals surface area contributed by atoms with E-state index in [9.17, 15) is 4.79 Å². The number of hydrogen-bond acceptors (Lipinski definition) is 8. The Kier molecular flexibility index (Phi) is 9.09. The van der Waals surface area contributed by atoms with Gasteiger partial charge >= 0.3 is 0 Å². The van der Waals surface area contributed by atoms with E-state index < -0.39 is 0 Å². The van der Waals surface area contributed by atoms with Crippen LogP contribution in [0.3, 0.4) is 0 Å². The summed E-state index contributed by atoms with van der Waals surface area (Å²) in [6.45, 7) is 3.97. The van der Waals surface area contributed by atoms with Gasteiger partial charge < -0.3 is 38.2 Å². The minimum absolute atomic E-state index is 0.00731. The van der Waals surface area contributed by atoms with E-state index in [4.69, 9.17) is 28.4 Å². The van der Waals surface area contributed by atoms with Crippen LogP contribution in [-0.4, -0.2) is 83.0 Å². The molecule has 9 heteroatoms. The van der Waals surface area contributed by atoms with Gasteiger partial charge in [-0.2, -0.15) is 0 Å². The normalized spacial score (nSPS) is 19.8. The van der Waals surface area contributed by atoms with E-state index >= 15 is 0 Å². The lowest BCUT2D eigenvalue weighted by molar-refractivity contribution is -0.135. The largest absolute Gasteiger partial charge is 0.496 e. The highest BCUT2D eigenvalue weighted by Crippen LogP contribution is 2.45. The fourth-order valence-electron chi connectivity index (χ4n) is 6.22. The van der Waals surface area contributed by atoms with Crippen LogP contribution in [0.2, 0.25) is 0 Å². The Hall–Kier alpha value is -3.33. The van der Waals surface area contributed by atoms with Gasteiger partial charge in [0.05, 0.1) is 28.4 Å². The number of amides is 1. The Labute approximate surface area is 237 Å². The number of rotatable bonds is 9. The summed E-state index contributed by atoms with van der Waals surface area (Å²) in [5, 5.41) is 0. The molecule has 3 heterocycles. The topological polar surface area (TPSA) is 78.9 Å². The Balaban J connectivity index is 1.24. The van der Waals surface area contributed by atoms with Crippen molar-refractivity contribution in [2.45, 2.75) is 57.1 Å². The zero-order valence-electron chi connectivity index (χ0n) is 24.2. The number of likely N-dealkylation sites (tertiary alicyclic amines) is 2. The minimum Gasteiger partial charge on any atom is -0.496 e. The maximum Gasteiger partial charge on any atom is 0.260 e. The quantitative estimate of drug-likeness (QED) is 0.444. The summed E-state index contributed by atoms with van der Waals surface area (Å²) in [7, 11) is 6.43. The summed E-state index contributed by atoms with van der Waals surface area (Å²) in [5.41, 5.74) is 1.92. The van der Waals surface area contributed by atoms with Crippen molar-refractivity contribution in [3.8, 4) is 34.5 Å². The Morgan fingerprint density at radius 1 is 0.825 bits per heavy atom. The molecule has 3 aliphatic rings. The van der Waals surface area contributed by atoms with Crippen molar-refractivity contribution in [2.24, 2.45) is 0 Å². The second-order valence-electron chi connectivity index (χ2n) is 10.7. The number of piperidine rings is 2. The summed E-state index contributed by atoms with van der Waals surface area (Å²) >= 11 is 0. The highest BCUT2D eigenvalue weighted by Gasteiger charge is 2.29. The maximum atomic E-state index is 13.0. The van der Waals surface area contributed by atoms with Gasteiger partial charge in [-0.1, -0.05) is 6.42 Å². The first-order valence-corrected chi connectivity index (χ1v) is 14.4. The molecule has 218 valence electrons. The van der Waals surface area contributed by atoms with E-state index in [1.54, 1.807) is 28.4 Å². The molecule has 1 atom stereocenters. The fourth-order valence-corrected chi connectivity index (χ4v) is 6.22. The third-order valence-electron chi connectivity index (χ3n) is 8.43. The van der Waals surface area contributed by atoms with Crippen molar-refractivity contribution in [3.63, 3.8) is 0 Å². The van der Waals surface area contributed by atoms with E-state index in [-0.39, 0.29) is 18.6 Å². The second kappa shape index (κ2) is 12.9. The van der Waals surface area contributed by atoms with Crippen LogP contribution in [0.25, 0.3) is 0 Å². The predicted molar refractivity (Wildman–Crippen MR) is 151 cm³/mol. The Morgan fingerprint density at radius 3 is 2.12 bits per heavy atom. The van der Waals surface area contributed by atoms with Crippen LogP contribution in [0.5, 0.6) is 34.5 Å². The molecule has 5 rings (SSSR count). The van der Waals surface area contributed by atoms with Gasteiger partial charge in [0.1, 0.15) is 23.4 Å². The Morgan fingerprint density at radius 2 is 1.50 bits per heavy atom. The Bertz CT molecular complexity index is 1150. The first-order chi connectivity index (χ1) is 19.5. The van der Waals surface area contributed by atoms with Crippen molar-refractivity contribution in [1.29, 1.82) is 0 Å². The molecule has 2 aromatic carbocycles.